The summed E-state index contributed by atoms with van der Waals surface area (Å²) >= 11 is 0. The van der Waals surface area contributed by atoms with Crippen LogP contribution in [-0.4, -0.2) is 34.6 Å². The highest BCUT2D eigenvalue weighted by Crippen LogP contribution is 2.43. The van der Waals surface area contributed by atoms with Crippen LogP contribution < -0.4 is 9.80 Å². The highest BCUT2D eigenvalue weighted by Gasteiger charge is 2.22. The van der Waals surface area contributed by atoms with Crippen LogP contribution in [0, 0.1) is 6.92 Å². The molecule has 9 heteroatoms. The van der Waals surface area contributed by atoms with Gasteiger partial charge in [-0.1, -0.05) is 114 Å². The van der Waals surface area contributed by atoms with E-state index in [1.807, 2.05) is 57.9 Å². The van der Waals surface area contributed by atoms with E-state index in [0.717, 1.165) is 112 Å². The third-order valence-corrected chi connectivity index (χ3v) is 13.2. The quantitative estimate of drug-likeness (QED) is 0.136. The number of aryl methyl sites for hydroxylation is 1. The first-order valence-corrected chi connectivity index (χ1v) is 23.4. The van der Waals surface area contributed by atoms with Gasteiger partial charge in [0.15, 0.2) is 0 Å². The first-order chi connectivity index (χ1) is 34.6. The molecule has 0 aliphatic carbocycles. The molecule has 0 unspecified atom stereocenters. The largest absolute Gasteiger partial charge is 0.310 e. The first kappa shape index (κ1) is 40.7. The van der Waals surface area contributed by atoms with Gasteiger partial charge in [0, 0.05) is 50.6 Å². The maximum Gasteiger partial charge on any atom is 0.113 e. The average molecular weight is 902 g/mol. The lowest BCUT2D eigenvalue weighted by molar-refractivity contribution is 0.807. The molecule has 0 fully saturated rings. The predicted molar refractivity (Wildman–Crippen MR) is 285 cm³/mol. The third-order valence-electron chi connectivity index (χ3n) is 13.2. The lowest BCUT2D eigenvalue weighted by Crippen LogP contribution is -2.09. The van der Waals surface area contributed by atoms with Gasteiger partial charge in [0.1, 0.15) is 11.0 Å². The van der Waals surface area contributed by atoms with Gasteiger partial charge in [0.25, 0.3) is 0 Å². The number of rotatable bonds is 10. The molecule has 332 valence electrons. The van der Waals surface area contributed by atoms with Crippen molar-refractivity contribution in [3.8, 4) is 28.2 Å². The summed E-state index contributed by atoms with van der Waals surface area (Å²) in [6.45, 7) is 2.21. The Bertz CT molecular complexity index is 3720. The molecule has 0 bridgehead atoms. The number of fused-ring (bicyclic) bond motifs is 5. The van der Waals surface area contributed by atoms with Gasteiger partial charge in [0.2, 0.25) is 0 Å². The van der Waals surface area contributed by atoms with Crippen LogP contribution in [-0.2, 0) is 0 Å². The Hall–Kier alpha value is -9.60. The van der Waals surface area contributed by atoms with Gasteiger partial charge >= 0.3 is 0 Å². The van der Waals surface area contributed by atoms with Crippen LogP contribution in [0.2, 0.25) is 0 Å². The molecule has 0 radical (unpaired) electrons. The molecule has 0 saturated carbocycles. The van der Waals surface area contributed by atoms with E-state index in [0.29, 0.717) is 0 Å². The monoisotopic (exact) mass is 901 g/mol. The van der Waals surface area contributed by atoms with Gasteiger partial charge in [-0.3, -0.25) is 0 Å². The van der Waals surface area contributed by atoms with Crippen molar-refractivity contribution in [1.82, 2.24) is 34.6 Å². The summed E-state index contributed by atoms with van der Waals surface area (Å²) in [5, 5.41) is 20.5. The number of nitrogens with zero attached hydrogens (tertiary/aromatic N) is 9. The Balaban J connectivity index is 1.00. The van der Waals surface area contributed by atoms with Crippen LogP contribution >= 0.6 is 0 Å². The number of para-hydroxylation sites is 6. The van der Waals surface area contributed by atoms with Gasteiger partial charge in [0.05, 0.1) is 33.4 Å². The summed E-state index contributed by atoms with van der Waals surface area (Å²) in [4.78, 5) is 4.67. The van der Waals surface area contributed by atoms with Crippen LogP contribution in [0.1, 0.15) is 5.56 Å². The number of hydrogen-bond donors (Lipinski definition) is 0. The molecule has 10 aromatic carbocycles. The average Bonchev–Trinajstić information content (AvgIpc) is 4.14. The maximum atomic E-state index is 4.62. The minimum atomic E-state index is 0.826. The lowest BCUT2D eigenvalue weighted by Gasteiger charge is -2.26. The predicted octanol–water partition coefficient (Wildman–Crippen LogP) is 15.2. The molecule has 0 aliphatic rings. The second-order valence-electron chi connectivity index (χ2n) is 17.5. The Labute approximate surface area is 404 Å². The highest BCUT2D eigenvalue weighted by molar-refractivity contribution is 6.12. The van der Waals surface area contributed by atoms with Gasteiger partial charge in [-0.2, -0.15) is 0 Å². The van der Waals surface area contributed by atoms with Gasteiger partial charge in [-0.15, -0.1) is 10.2 Å². The van der Waals surface area contributed by atoms with Gasteiger partial charge in [-0.05, 0) is 163 Å². The summed E-state index contributed by atoms with van der Waals surface area (Å²) in [5.41, 5.74) is 18.2. The lowest BCUT2D eigenvalue weighted by atomic mass is 10.0. The van der Waals surface area contributed by atoms with Crippen LogP contribution in [0.15, 0.2) is 243 Å². The molecular formula is C61H43N9. The zero-order chi connectivity index (χ0) is 46.5. The Kier molecular flexibility index (Phi) is 9.83. The van der Waals surface area contributed by atoms with E-state index in [1.165, 1.54) is 0 Å². The van der Waals surface area contributed by atoms with E-state index in [2.05, 4.69) is 236 Å². The van der Waals surface area contributed by atoms with Crippen molar-refractivity contribution >= 4 is 78.0 Å². The van der Waals surface area contributed by atoms with E-state index in [9.17, 15) is 0 Å². The molecule has 70 heavy (non-hydrogen) atoms. The minimum absolute atomic E-state index is 0.826. The fraction of sp³-hybridized carbons (Fsp3) is 0.0164. The van der Waals surface area contributed by atoms with Crippen LogP contribution in [0.4, 0.5) is 34.1 Å². The van der Waals surface area contributed by atoms with E-state index < -0.39 is 0 Å². The second kappa shape index (κ2) is 16.9. The Morgan fingerprint density at radius 3 is 1.17 bits per heavy atom. The van der Waals surface area contributed by atoms with Crippen molar-refractivity contribution in [2.45, 2.75) is 6.92 Å². The van der Waals surface area contributed by atoms with Crippen molar-refractivity contribution < 1.29 is 0 Å². The highest BCUT2D eigenvalue weighted by atomic mass is 15.4. The molecule has 0 spiro atoms. The Morgan fingerprint density at radius 2 is 0.743 bits per heavy atom. The van der Waals surface area contributed by atoms with E-state index in [1.54, 1.807) is 0 Å². The molecule has 0 atom stereocenters. The topological polar surface area (TPSA) is 72.8 Å². The zero-order valence-corrected chi connectivity index (χ0v) is 38.1. The summed E-state index contributed by atoms with van der Waals surface area (Å²) in [7, 11) is 0. The molecule has 13 rings (SSSR count). The van der Waals surface area contributed by atoms with E-state index >= 15 is 0 Å². The summed E-state index contributed by atoms with van der Waals surface area (Å²) in [6, 6.07) is 85.4. The van der Waals surface area contributed by atoms with Crippen molar-refractivity contribution in [2.75, 3.05) is 9.80 Å². The number of hydrogen-bond acceptors (Lipinski definition) is 6. The number of anilines is 6. The minimum Gasteiger partial charge on any atom is -0.310 e. The molecule has 0 N–H and O–H groups in total. The number of aromatic nitrogens is 7. The molecule has 0 saturated heterocycles. The molecule has 13 aromatic rings. The number of benzene rings is 10. The standard InChI is InChI=1S/C61H43N9/c1-42-36-43(44-37-51(69-60-28-16-14-26-55(60)62-64-69)39-52(38-44)70-61-29-17-15-27-56(61)63-65-70)30-33-57(42)68-58-34-31-49(66(45-18-6-2-7-19-45)46-20-8-3-9-21-46)40-53(58)54-41-50(32-35-59(54)68)67(47-22-10-4-11-23-47)48-24-12-5-13-25-48/h2-41H,1H3. The molecule has 3 aromatic heterocycles. The first-order valence-electron chi connectivity index (χ1n) is 23.4. The summed E-state index contributed by atoms with van der Waals surface area (Å²) in [5.74, 6) is 0. The molecule has 0 amide bonds. The molecule has 3 heterocycles. The van der Waals surface area contributed by atoms with Crippen molar-refractivity contribution in [3.63, 3.8) is 0 Å². The summed E-state index contributed by atoms with van der Waals surface area (Å²) < 4.78 is 6.22. The normalized spacial score (nSPS) is 11.5. The van der Waals surface area contributed by atoms with E-state index in [4.69, 9.17) is 0 Å². The van der Waals surface area contributed by atoms with Crippen LogP contribution in [0.25, 0.3) is 72.1 Å². The fourth-order valence-electron chi connectivity index (χ4n) is 9.95. The SMILES string of the molecule is Cc1cc(-c2cc(-n3nnc4ccccc43)cc(-n3nnc4ccccc43)c2)ccc1-n1c2ccc(N(c3ccccc3)c3ccccc3)cc2c2cc(N(c3ccccc3)c3ccccc3)ccc21. The maximum absolute atomic E-state index is 4.62. The molecule has 0 aliphatic heterocycles. The van der Waals surface area contributed by atoms with Crippen LogP contribution in [0.5, 0.6) is 0 Å². The molecular weight excluding hydrogens is 859 g/mol. The fourth-order valence-corrected chi connectivity index (χ4v) is 9.95. The van der Waals surface area contributed by atoms with Gasteiger partial charge < -0.3 is 14.4 Å². The van der Waals surface area contributed by atoms with Crippen molar-refractivity contribution in [3.05, 3.63) is 248 Å². The summed E-state index contributed by atoms with van der Waals surface area (Å²) in [6.07, 6.45) is 0. The smallest absolute Gasteiger partial charge is 0.113 e. The van der Waals surface area contributed by atoms with Crippen LogP contribution in [0.3, 0.4) is 0 Å². The van der Waals surface area contributed by atoms with Crippen molar-refractivity contribution in [1.29, 1.82) is 0 Å². The Morgan fingerprint density at radius 1 is 0.329 bits per heavy atom. The van der Waals surface area contributed by atoms with Crippen molar-refractivity contribution in [2.24, 2.45) is 0 Å². The zero-order valence-electron chi connectivity index (χ0n) is 38.1. The second-order valence-corrected chi connectivity index (χ2v) is 17.5. The van der Waals surface area contributed by atoms with E-state index in [-0.39, 0.29) is 0 Å². The molecule has 9 nitrogen and oxygen atoms in total. The van der Waals surface area contributed by atoms with Gasteiger partial charge in [-0.25, -0.2) is 9.36 Å². The third kappa shape index (κ3) is 7.03.